The van der Waals surface area contributed by atoms with E-state index in [2.05, 4.69) is 34.8 Å². The van der Waals surface area contributed by atoms with E-state index in [1.54, 1.807) is 0 Å². The lowest BCUT2D eigenvalue weighted by molar-refractivity contribution is -0.134. The van der Waals surface area contributed by atoms with Gasteiger partial charge in [-0.1, -0.05) is 12.2 Å². The largest absolute Gasteiger partial charge is 0.466 e. The van der Waals surface area contributed by atoms with Crippen LogP contribution in [0.3, 0.4) is 0 Å². The Morgan fingerprint density at radius 3 is 2.50 bits per heavy atom. The van der Waals surface area contributed by atoms with Crippen LogP contribution < -0.4 is 0 Å². The second kappa shape index (κ2) is 10.4. The van der Waals surface area contributed by atoms with Crippen molar-refractivity contribution in [2.75, 3.05) is 18.6 Å². The third kappa shape index (κ3) is 6.89. The molecule has 1 heterocycles. The zero-order valence-corrected chi connectivity index (χ0v) is 14.1. The summed E-state index contributed by atoms with van der Waals surface area (Å²) in [7, 11) is 1.41. The fourth-order valence-corrected chi connectivity index (χ4v) is 5.78. The van der Waals surface area contributed by atoms with Gasteiger partial charge in [0, 0.05) is 6.08 Å². The van der Waals surface area contributed by atoms with Crippen molar-refractivity contribution < 1.29 is 9.53 Å². The van der Waals surface area contributed by atoms with Crippen molar-refractivity contribution in [3.63, 3.8) is 0 Å². The molecular weight excluding hydrogens is 288 g/mol. The van der Waals surface area contributed by atoms with Gasteiger partial charge >= 0.3 is 5.97 Å². The molecule has 0 spiro atoms. The van der Waals surface area contributed by atoms with Crippen molar-refractivity contribution in [3.05, 3.63) is 24.8 Å². The van der Waals surface area contributed by atoms with Gasteiger partial charge in [0.25, 0.3) is 0 Å². The molecule has 0 atom stereocenters. The predicted molar refractivity (Wildman–Crippen MR) is 91.3 cm³/mol. The lowest BCUT2D eigenvalue weighted by Crippen LogP contribution is -2.25. The molecule has 0 aliphatic carbocycles. The number of rotatable bonds is 9. The molecule has 1 rings (SSSR count). The molecule has 0 N–H and O–H groups in total. The molecule has 4 heteroatoms. The SMILES string of the molecule is C=CCCCC1(CCC/C=C/C(=O)OC)SCCCS1. The van der Waals surface area contributed by atoms with Gasteiger partial charge in [-0.25, -0.2) is 4.79 Å². The molecule has 1 fully saturated rings. The Labute approximate surface area is 131 Å². The summed E-state index contributed by atoms with van der Waals surface area (Å²) in [6.07, 6.45) is 13.8. The first-order valence-corrected chi connectivity index (χ1v) is 9.33. The lowest BCUT2D eigenvalue weighted by atomic mass is 10.1. The number of esters is 1. The van der Waals surface area contributed by atoms with Crippen LogP contribution in [0.15, 0.2) is 24.8 Å². The van der Waals surface area contributed by atoms with Crippen molar-refractivity contribution in [1.82, 2.24) is 0 Å². The van der Waals surface area contributed by atoms with Gasteiger partial charge in [0.2, 0.25) is 0 Å². The molecule has 0 aromatic heterocycles. The number of hydrogen-bond acceptors (Lipinski definition) is 4. The third-order valence-corrected chi connectivity index (χ3v) is 6.93. The smallest absolute Gasteiger partial charge is 0.330 e. The summed E-state index contributed by atoms with van der Waals surface area (Å²) in [5, 5.41) is 0. The predicted octanol–water partition coefficient (Wildman–Crippen LogP) is 4.81. The van der Waals surface area contributed by atoms with Gasteiger partial charge < -0.3 is 4.74 Å². The maximum absolute atomic E-state index is 11.0. The van der Waals surface area contributed by atoms with Crippen molar-refractivity contribution >= 4 is 29.5 Å². The van der Waals surface area contributed by atoms with Crippen molar-refractivity contribution in [2.45, 2.75) is 49.0 Å². The van der Waals surface area contributed by atoms with Gasteiger partial charge in [0.15, 0.2) is 0 Å². The van der Waals surface area contributed by atoms with Crippen LogP contribution in [-0.4, -0.2) is 28.7 Å². The maximum Gasteiger partial charge on any atom is 0.330 e. The second-order valence-electron chi connectivity index (χ2n) is 4.96. The molecule has 0 bridgehead atoms. The van der Waals surface area contributed by atoms with Crippen LogP contribution in [0.25, 0.3) is 0 Å². The fourth-order valence-electron chi connectivity index (χ4n) is 2.28. The Morgan fingerprint density at radius 1 is 1.25 bits per heavy atom. The summed E-state index contributed by atoms with van der Waals surface area (Å²) >= 11 is 4.29. The molecule has 0 amide bonds. The number of carbonyl (C=O) groups is 1. The Kier molecular flexibility index (Phi) is 9.19. The first kappa shape index (κ1) is 17.7. The summed E-state index contributed by atoms with van der Waals surface area (Å²) in [6.45, 7) is 3.81. The monoisotopic (exact) mass is 314 g/mol. The molecule has 114 valence electrons. The summed E-state index contributed by atoms with van der Waals surface area (Å²) in [5.41, 5.74) is 0. The summed E-state index contributed by atoms with van der Waals surface area (Å²) < 4.78 is 4.99. The van der Waals surface area contributed by atoms with Crippen LogP contribution in [0.1, 0.15) is 44.9 Å². The first-order chi connectivity index (χ1) is 9.72. The molecule has 0 unspecified atom stereocenters. The molecular formula is C16H26O2S2. The van der Waals surface area contributed by atoms with Crippen molar-refractivity contribution in [1.29, 1.82) is 0 Å². The summed E-state index contributed by atoms with van der Waals surface area (Å²) in [6, 6.07) is 0. The van der Waals surface area contributed by atoms with Crippen LogP contribution in [0.2, 0.25) is 0 Å². The minimum atomic E-state index is -0.257. The molecule has 1 aliphatic rings. The van der Waals surface area contributed by atoms with E-state index in [1.165, 1.54) is 50.4 Å². The number of hydrogen-bond donors (Lipinski definition) is 0. The molecule has 0 radical (unpaired) electrons. The van der Waals surface area contributed by atoms with E-state index in [0.29, 0.717) is 4.08 Å². The highest BCUT2D eigenvalue weighted by atomic mass is 32.2. The van der Waals surface area contributed by atoms with Crippen LogP contribution in [0, 0.1) is 0 Å². The number of carbonyl (C=O) groups excluding carboxylic acids is 1. The van der Waals surface area contributed by atoms with Gasteiger partial charge in [-0.15, -0.1) is 30.1 Å². The van der Waals surface area contributed by atoms with Crippen LogP contribution in [0.4, 0.5) is 0 Å². The van der Waals surface area contributed by atoms with E-state index in [9.17, 15) is 4.79 Å². The minimum absolute atomic E-state index is 0.257. The quantitative estimate of drug-likeness (QED) is 0.264. The third-order valence-electron chi connectivity index (χ3n) is 3.37. The highest BCUT2D eigenvalue weighted by molar-refractivity contribution is 8.18. The van der Waals surface area contributed by atoms with E-state index in [0.717, 1.165) is 19.3 Å². The van der Waals surface area contributed by atoms with Gasteiger partial charge in [-0.2, -0.15) is 0 Å². The Morgan fingerprint density at radius 2 is 1.90 bits per heavy atom. The molecule has 1 saturated heterocycles. The zero-order valence-electron chi connectivity index (χ0n) is 12.4. The fraction of sp³-hybridized carbons (Fsp3) is 0.688. The highest BCUT2D eigenvalue weighted by Gasteiger charge is 2.32. The average molecular weight is 315 g/mol. The number of thioether (sulfide) groups is 2. The van der Waals surface area contributed by atoms with Crippen LogP contribution >= 0.6 is 23.5 Å². The summed E-state index contributed by atoms with van der Waals surface area (Å²) in [4.78, 5) is 11.0. The molecule has 20 heavy (non-hydrogen) atoms. The van der Waals surface area contributed by atoms with Crippen LogP contribution in [-0.2, 0) is 9.53 Å². The number of methoxy groups -OCH3 is 1. The molecule has 2 nitrogen and oxygen atoms in total. The van der Waals surface area contributed by atoms with E-state index in [1.807, 2.05) is 12.2 Å². The molecule has 0 aromatic rings. The standard InChI is InChI=1S/C16H26O2S2/c1-3-4-7-11-16(19-13-9-14-20-16)12-8-5-6-10-15(17)18-2/h3,6,10H,1,4-5,7-9,11-14H2,2H3/b10-6+. The molecule has 1 aliphatic heterocycles. The van der Waals surface area contributed by atoms with Gasteiger partial charge in [0.05, 0.1) is 11.2 Å². The van der Waals surface area contributed by atoms with Gasteiger partial charge in [0.1, 0.15) is 0 Å². The van der Waals surface area contributed by atoms with Crippen molar-refractivity contribution in [2.24, 2.45) is 0 Å². The second-order valence-corrected chi connectivity index (χ2v) is 8.18. The average Bonchev–Trinajstić information content (AvgIpc) is 2.48. The summed E-state index contributed by atoms with van der Waals surface area (Å²) in [5.74, 6) is 2.32. The Hall–Kier alpha value is -0.350. The number of ether oxygens (including phenoxy) is 1. The van der Waals surface area contributed by atoms with Gasteiger partial charge in [-0.05, 0) is 56.5 Å². The topological polar surface area (TPSA) is 26.3 Å². The van der Waals surface area contributed by atoms with E-state index in [4.69, 9.17) is 0 Å². The molecule has 0 aromatic carbocycles. The Balaban J connectivity index is 2.34. The Bertz CT molecular complexity index is 320. The highest BCUT2D eigenvalue weighted by Crippen LogP contribution is 2.49. The lowest BCUT2D eigenvalue weighted by Gasteiger charge is -2.36. The van der Waals surface area contributed by atoms with E-state index in [-0.39, 0.29) is 5.97 Å². The first-order valence-electron chi connectivity index (χ1n) is 7.36. The minimum Gasteiger partial charge on any atom is -0.466 e. The number of unbranched alkanes of at least 4 members (excludes halogenated alkanes) is 2. The normalized spacial score (nSPS) is 18.1. The van der Waals surface area contributed by atoms with E-state index >= 15 is 0 Å². The molecule has 0 saturated carbocycles. The maximum atomic E-state index is 11.0. The number of allylic oxidation sites excluding steroid dienone is 2. The van der Waals surface area contributed by atoms with Gasteiger partial charge in [-0.3, -0.25) is 0 Å². The van der Waals surface area contributed by atoms with E-state index < -0.39 is 0 Å². The van der Waals surface area contributed by atoms with Crippen molar-refractivity contribution in [3.8, 4) is 0 Å². The zero-order chi connectivity index (χ0) is 14.7. The van der Waals surface area contributed by atoms with Crippen LogP contribution in [0.5, 0.6) is 0 Å².